The van der Waals surface area contributed by atoms with Gasteiger partial charge in [-0.25, -0.2) is 0 Å². The van der Waals surface area contributed by atoms with Crippen LogP contribution in [0.15, 0.2) is 29.3 Å². The number of aryl methyl sites for hydroxylation is 1. The van der Waals surface area contributed by atoms with Crippen LogP contribution in [-0.2, 0) is 9.59 Å². The van der Waals surface area contributed by atoms with Gasteiger partial charge in [-0.2, -0.15) is 0 Å². The van der Waals surface area contributed by atoms with Crippen LogP contribution in [-0.4, -0.2) is 24.9 Å². The molecule has 106 valence electrons. The molecule has 1 aromatic carbocycles. The molecule has 1 heterocycles. The molecule has 5 heteroatoms. The number of anilines is 2. The fourth-order valence-corrected chi connectivity index (χ4v) is 1.93. The maximum absolute atomic E-state index is 12.1. The number of amides is 2. The lowest BCUT2D eigenvalue weighted by Crippen LogP contribution is -2.36. The summed E-state index contributed by atoms with van der Waals surface area (Å²) in [7, 11) is 0. The zero-order valence-electron chi connectivity index (χ0n) is 12.0. The van der Waals surface area contributed by atoms with Crippen LogP contribution in [0.4, 0.5) is 11.4 Å². The molecule has 1 saturated heterocycles. The summed E-state index contributed by atoms with van der Waals surface area (Å²) in [6.45, 7) is 6.77. The number of carbonyl (C=O) groups is 2. The monoisotopic (exact) mass is 273 g/mol. The van der Waals surface area contributed by atoms with E-state index in [1.807, 2.05) is 26.0 Å². The maximum atomic E-state index is 12.1. The van der Waals surface area contributed by atoms with E-state index >= 15 is 0 Å². The first-order valence-corrected chi connectivity index (χ1v) is 6.56. The van der Waals surface area contributed by atoms with Gasteiger partial charge in [-0.05, 0) is 37.1 Å². The third kappa shape index (κ3) is 3.24. The molecule has 0 spiro atoms. The highest BCUT2D eigenvalue weighted by atomic mass is 16.2. The first-order chi connectivity index (χ1) is 9.47. The maximum Gasteiger partial charge on any atom is 0.251 e. The number of carbonyl (C=O) groups excluding carboxylic acids is 2. The van der Waals surface area contributed by atoms with Crippen molar-refractivity contribution in [3.05, 3.63) is 34.9 Å². The Morgan fingerprint density at radius 2 is 1.85 bits per heavy atom. The van der Waals surface area contributed by atoms with Gasteiger partial charge in [0, 0.05) is 37.0 Å². The van der Waals surface area contributed by atoms with Crippen LogP contribution in [0.5, 0.6) is 0 Å². The molecule has 1 aliphatic rings. The summed E-state index contributed by atoms with van der Waals surface area (Å²) in [5.41, 5.74) is 4.24. The summed E-state index contributed by atoms with van der Waals surface area (Å²) in [5, 5.41) is 8.72. The van der Waals surface area contributed by atoms with Gasteiger partial charge in [0.15, 0.2) is 0 Å². The predicted molar refractivity (Wildman–Crippen MR) is 79.7 cm³/mol. The SMILES string of the molecule is CC(=O)Nc1ccc(C)c(NC(=O)C(C)=C2CNC2)c1. The molecule has 5 nitrogen and oxygen atoms in total. The van der Waals surface area contributed by atoms with Gasteiger partial charge in [0.2, 0.25) is 5.91 Å². The van der Waals surface area contributed by atoms with E-state index in [4.69, 9.17) is 0 Å². The van der Waals surface area contributed by atoms with Crippen LogP contribution >= 0.6 is 0 Å². The highest BCUT2D eigenvalue weighted by molar-refractivity contribution is 6.05. The Kier molecular flexibility index (Phi) is 4.20. The van der Waals surface area contributed by atoms with Crippen molar-refractivity contribution in [3.8, 4) is 0 Å². The van der Waals surface area contributed by atoms with Crippen molar-refractivity contribution in [3.63, 3.8) is 0 Å². The van der Waals surface area contributed by atoms with Crippen LogP contribution in [0.3, 0.4) is 0 Å². The van der Waals surface area contributed by atoms with Crippen molar-refractivity contribution < 1.29 is 9.59 Å². The van der Waals surface area contributed by atoms with E-state index in [1.165, 1.54) is 6.92 Å². The van der Waals surface area contributed by atoms with Gasteiger partial charge >= 0.3 is 0 Å². The summed E-state index contributed by atoms with van der Waals surface area (Å²) < 4.78 is 0. The Morgan fingerprint density at radius 1 is 1.15 bits per heavy atom. The molecule has 3 N–H and O–H groups in total. The molecular formula is C15H19N3O2. The molecule has 2 rings (SSSR count). The van der Waals surface area contributed by atoms with E-state index in [0.29, 0.717) is 11.4 Å². The minimum absolute atomic E-state index is 0.0930. The third-order valence-corrected chi connectivity index (χ3v) is 3.35. The highest BCUT2D eigenvalue weighted by Crippen LogP contribution is 2.21. The summed E-state index contributed by atoms with van der Waals surface area (Å²) in [6, 6.07) is 5.45. The van der Waals surface area contributed by atoms with Gasteiger partial charge < -0.3 is 16.0 Å². The Labute approximate surface area is 118 Å². The second kappa shape index (κ2) is 5.88. The largest absolute Gasteiger partial charge is 0.326 e. The van der Waals surface area contributed by atoms with Crippen LogP contribution in [0.1, 0.15) is 19.4 Å². The quantitative estimate of drug-likeness (QED) is 0.736. The van der Waals surface area contributed by atoms with Crippen molar-refractivity contribution in [2.75, 3.05) is 23.7 Å². The van der Waals surface area contributed by atoms with Gasteiger partial charge in [0.1, 0.15) is 0 Å². The molecule has 0 bridgehead atoms. The summed E-state index contributed by atoms with van der Waals surface area (Å²) in [5.74, 6) is -0.227. The predicted octanol–water partition coefficient (Wildman–Crippen LogP) is 1.81. The van der Waals surface area contributed by atoms with Crippen LogP contribution in [0, 0.1) is 6.92 Å². The zero-order chi connectivity index (χ0) is 14.7. The number of rotatable bonds is 3. The van der Waals surface area contributed by atoms with Crippen LogP contribution in [0.2, 0.25) is 0 Å². The van der Waals surface area contributed by atoms with E-state index in [9.17, 15) is 9.59 Å². The van der Waals surface area contributed by atoms with Gasteiger partial charge in [-0.1, -0.05) is 6.07 Å². The average Bonchev–Trinajstić information content (AvgIpc) is 2.30. The molecule has 1 fully saturated rings. The molecule has 0 atom stereocenters. The number of hydrogen-bond acceptors (Lipinski definition) is 3. The molecule has 0 saturated carbocycles. The van der Waals surface area contributed by atoms with E-state index in [1.54, 1.807) is 6.07 Å². The smallest absolute Gasteiger partial charge is 0.251 e. The Morgan fingerprint density at radius 3 is 2.40 bits per heavy atom. The minimum Gasteiger partial charge on any atom is -0.326 e. The molecule has 2 amide bonds. The first-order valence-electron chi connectivity index (χ1n) is 6.56. The second-order valence-corrected chi connectivity index (χ2v) is 5.00. The topological polar surface area (TPSA) is 70.2 Å². The lowest BCUT2D eigenvalue weighted by molar-refractivity contribution is -0.114. The minimum atomic E-state index is -0.134. The number of benzene rings is 1. The third-order valence-electron chi connectivity index (χ3n) is 3.35. The lowest BCUT2D eigenvalue weighted by atomic mass is 10.0. The van der Waals surface area contributed by atoms with Crippen LogP contribution in [0.25, 0.3) is 0 Å². The molecular weight excluding hydrogens is 254 g/mol. The summed E-state index contributed by atoms with van der Waals surface area (Å²) in [4.78, 5) is 23.2. The molecule has 0 unspecified atom stereocenters. The fourth-order valence-electron chi connectivity index (χ4n) is 1.93. The van der Waals surface area contributed by atoms with Gasteiger partial charge in [0.25, 0.3) is 5.91 Å². The lowest BCUT2D eigenvalue weighted by Gasteiger charge is -2.21. The van der Waals surface area contributed by atoms with Crippen molar-refractivity contribution in [1.82, 2.24) is 5.32 Å². The van der Waals surface area contributed by atoms with Crippen molar-refractivity contribution in [2.45, 2.75) is 20.8 Å². The number of hydrogen-bond donors (Lipinski definition) is 3. The molecule has 20 heavy (non-hydrogen) atoms. The van der Waals surface area contributed by atoms with Crippen molar-refractivity contribution in [2.24, 2.45) is 0 Å². The van der Waals surface area contributed by atoms with Crippen molar-refractivity contribution in [1.29, 1.82) is 0 Å². The first kappa shape index (κ1) is 14.3. The highest BCUT2D eigenvalue weighted by Gasteiger charge is 2.16. The Balaban J connectivity index is 2.15. The van der Waals surface area contributed by atoms with E-state index < -0.39 is 0 Å². The summed E-state index contributed by atoms with van der Waals surface area (Å²) >= 11 is 0. The van der Waals surface area contributed by atoms with E-state index in [-0.39, 0.29) is 11.8 Å². The molecule has 0 aromatic heterocycles. The average molecular weight is 273 g/mol. The Bertz CT molecular complexity index is 585. The van der Waals surface area contributed by atoms with Gasteiger partial charge in [0.05, 0.1) is 0 Å². The zero-order valence-corrected chi connectivity index (χ0v) is 12.0. The molecule has 0 aliphatic carbocycles. The normalized spacial score (nSPS) is 13.4. The molecule has 1 aromatic rings. The number of nitrogens with one attached hydrogen (secondary N) is 3. The second-order valence-electron chi connectivity index (χ2n) is 5.00. The van der Waals surface area contributed by atoms with Crippen LogP contribution < -0.4 is 16.0 Å². The molecule has 0 radical (unpaired) electrons. The van der Waals surface area contributed by atoms with E-state index in [2.05, 4.69) is 16.0 Å². The Hall–Kier alpha value is -2.14. The molecule has 1 aliphatic heterocycles. The van der Waals surface area contributed by atoms with Gasteiger partial charge in [-0.3, -0.25) is 9.59 Å². The standard InChI is InChI=1S/C15H19N3O2/c1-9-4-5-13(17-11(3)19)6-14(9)18-15(20)10(2)12-7-16-8-12/h4-6,16H,7-8H2,1-3H3,(H,17,19)(H,18,20). The van der Waals surface area contributed by atoms with Crippen molar-refractivity contribution >= 4 is 23.2 Å². The van der Waals surface area contributed by atoms with Gasteiger partial charge in [-0.15, -0.1) is 0 Å². The fraction of sp³-hybridized carbons (Fsp3) is 0.333. The van der Waals surface area contributed by atoms with E-state index in [0.717, 1.165) is 29.8 Å². The summed E-state index contributed by atoms with van der Waals surface area (Å²) in [6.07, 6.45) is 0.